The second-order valence-electron chi connectivity index (χ2n) is 4.25. The second-order valence-corrected chi connectivity index (χ2v) is 4.63. The van der Waals surface area contributed by atoms with Gasteiger partial charge in [0.2, 0.25) is 0 Å². The number of nitrogens with one attached hydrogen (secondary N) is 1. The number of hydrogen-bond donors (Lipinski definition) is 1. The predicted octanol–water partition coefficient (Wildman–Crippen LogP) is 4.25. The molecule has 0 atom stereocenters. The lowest BCUT2D eigenvalue weighted by molar-refractivity contribution is 0.355. The monoisotopic (exact) mass is 313 g/mol. The summed E-state index contributed by atoms with van der Waals surface area (Å²) in [6.45, 7) is 0.222. The lowest BCUT2D eigenvalue weighted by atomic mass is 10.2. The molecule has 0 aliphatic heterocycles. The van der Waals surface area contributed by atoms with E-state index in [0.29, 0.717) is 22.1 Å². The van der Waals surface area contributed by atoms with Crippen LogP contribution in [0.4, 0.5) is 14.5 Å². The summed E-state index contributed by atoms with van der Waals surface area (Å²) in [5.41, 5.74) is 0.749. The average molecular weight is 314 g/mol. The molecule has 0 aromatic heterocycles. The largest absolute Gasteiger partial charge is 0.493 e. The standard InChI is InChI=1S/C15H14ClF2NO2/c1-20-13-6-3-9(14(16)15(13)21-2)8-19-12-7-10(17)4-5-11(12)18/h3-7,19H,8H2,1-2H3. The van der Waals surface area contributed by atoms with E-state index < -0.39 is 11.6 Å². The quantitative estimate of drug-likeness (QED) is 0.895. The van der Waals surface area contributed by atoms with Crippen molar-refractivity contribution in [1.82, 2.24) is 0 Å². The first kappa shape index (κ1) is 15.4. The highest BCUT2D eigenvalue weighted by molar-refractivity contribution is 6.33. The minimum atomic E-state index is -0.534. The van der Waals surface area contributed by atoms with E-state index in [1.165, 1.54) is 14.2 Å². The maximum Gasteiger partial charge on any atom is 0.179 e. The Morgan fingerprint density at radius 1 is 1.10 bits per heavy atom. The van der Waals surface area contributed by atoms with Crippen molar-refractivity contribution in [3.8, 4) is 11.5 Å². The zero-order chi connectivity index (χ0) is 15.4. The molecular formula is C15H14ClF2NO2. The molecule has 21 heavy (non-hydrogen) atoms. The molecule has 0 radical (unpaired) electrons. The van der Waals surface area contributed by atoms with Crippen LogP contribution in [0.15, 0.2) is 30.3 Å². The second kappa shape index (κ2) is 6.63. The van der Waals surface area contributed by atoms with Gasteiger partial charge in [0.25, 0.3) is 0 Å². The lowest BCUT2D eigenvalue weighted by Crippen LogP contribution is -2.04. The van der Waals surface area contributed by atoms with Crippen LogP contribution in [0, 0.1) is 11.6 Å². The topological polar surface area (TPSA) is 30.5 Å². The van der Waals surface area contributed by atoms with E-state index in [2.05, 4.69) is 5.32 Å². The van der Waals surface area contributed by atoms with Gasteiger partial charge in [-0.2, -0.15) is 0 Å². The molecule has 112 valence electrons. The molecule has 2 aromatic rings. The molecule has 2 aromatic carbocycles. The van der Waals surface area contributed by atoms with Crippen LogP contribution in [-0.2, 0) is 6.54 Å². The fourth-order valence-corrected chi connectivity index (χ4v) is 2.19. The van der Waals surface area contributed by atoms with Crippen molar-refractivity contribution in [2.24, 2.45) is 0 Å². The first-order valence-electron chi connectivity index (χ1n) is 6.15. The molecule has 0 unspecified atom stereocenters. The van der Waals surface area contributed by atoms with E-state index in [1.807, 2.05) is 0 Å². The molecule has 0 spiro atoms. The van der Waals surface area contributed by atoms with E-state index in [0.717, 1.165) is 18.2 Å². The highest BCUT2D eigenvalue weighted by atomic mass is 35.5. The predicted molar refractivity (Wildman–Crippen MR) is 78.2 cm³/mol. The zero-order valence-corrected chi connectivity index (χ0v) is 12.3. The summed E-state index contributed by atoms with van der Waals surface area (Å²) in [5, 5.41) is 3.17. The summed E-state index contributed by atoms with van der Waals surface area (Å²) in [4.78, 5) is 0. The lowest BCUT2D eigenvalue weighted by Gasteiger charge is -2.14. The number of benzene rings is 2. The zero-order valence-electron chi connectivity index (χ0n) is 11.5. The fourth-order valence-electron chi connectivity index (χ4n) is 1.89. The summed E-state index contributed by atoms with van der Waals surface area (Å²) < 4.78 is 36.9. The Kier molecular flexibility index (Phi) is 4.85. The van der Waals surface area contributed by atoms with Crippen LogP contribution in [0.5, 0.6) is 11.5 Å². The molecule has 0 fully saturated rings. The third-order valence-corrected chi connectivity index (χ3v) is 3.38. The van der Waals surface area contributed by atoms with Crippen molar-refractivity contribution in [2.45, 2.75) is 6.54 Å². The van der Waals surface area contributed by atoms with Crippen molar-refractivity contribution in [2.75, 3.05) is 19.5 Å². The van der Waals surface area contributed by atoms with Crippen LogP contribution in [-0.4, -0.2) is 14.2 Å². The van der Waals surface area contributed by atoms with E-state index in [-0.39, 0.29) is 12.2 Å². The van der Waals surface area contributed by atoms with Gasteiger partial charge >= 0.3 is 0 Å². The molecule has 0 saturated heterocycles. The van der Waals surface area contributed by atoms with Crippen LogP contribution < -0.4 is 14.8 Å². The van der Waals surface area contributed by atoms with Gasteiger partial charge in [0, 0.05) is 6.54 Å². The van der Waals surface area contributed by atoms with Gasteiger partial charge in [-0.15, -0.1) is 0 Å². The van der Waals surface area contributed by atoms with Gasteiger partial charge in [0.1, 0.15) is 11.6 Å². The third-order valence-electron chi connectivity index (χ3n) is 2.96. The number of ether oxygens (including phenoxy) is 2. The Morgan fingerprint density at radius 2 is 1.86 bits per heavy atom. The van der Waals surface area contributed by atoms with Gasteiger partial charge in [0.05, 0.1) is 24.9 Å². The first-order chi connectivity index (χ1) is 10.1. The van der Waals surface area contributed by atoms with Crippen LogP contribution in [0.3, 0.4) is 0 Å². The Bertz CT molecular complexity index is 650. The summed E-state index contributed by atoms with van der Waals surface area (Å²) in [6, 6.07) is 6.64. The van der Waals surface area contributed by atoms with Crippen LogP contribution >= 0.6 is 11.6 Å². The highest BCUT2D eigenvalue weighted by Gasteiger charge is 2.13. The minimum absolute atomic E-state index is 0.0702. The molecule has 3 nitrogen and oxygen atoms in total. The van der Waals surface area contributed by atoms with Gasteiger partial charge in [-0.1, -0.05) is 17.7 Å². The molecule has 1 N–H and O–H groups in total. The van der Waals surface area contributed by atoms with E-state index in [9.17, 15) is 8.78 Å². The van der Waals surface area contributed by atoms with E-state index >= 15 is 0 Å². The molecule has 0 bridgehead atoms. The Balaban J connectivity index is 2.22. The first-order valence-corrected chi connectivity index (χ1v) is 6.53. The van der Waals surface area contributed by atoms with Gasteiger partial charge < -0.3 is 14.8 Å². The summed E-state index contributed by atoms with van der Waals surface area (Å²) in [7, 11) is 2.99. The van der Waals surface area contributed by atoms with Crippen molar-refractivity contribution in [3.05, 3.63) is 52.6 Å². The Morgan fingerprint density at radius 3 is 2.52 bits per heavy atom. The van der Waals surface area contributed by atoms with Crippen LogP contribution in [0.2, 0.25) is 5.02 Å². The molecule has 0 aliphatic carbocycles. The van der Waals surface area contributed by atoms with E-state index in [1.54, 1.807) is 12.1 Å². The molecule has 0 aliphatic rings. The maximum atomic E-state index is 13.5. The van der Waals surface area contributed by atoms with Crippen molar-refractivity contribution in [1.29, 1.82) is 0 Å². The summed E-state index contributed by atoms with van der Waals surface area (Å²) in [5.74, 6) is -0.147. The van der Waals surface area contributed by atoms with Crippen molar-refractivity contribution < 1.29 is 18.3 Å². The molecule has 0 heterocycles. The number of halogens is 3. The van der Waals surface area contributed by atoms with Crippen molar-refractivity contribution >= 4 is 17.3 Å². The van der Waals surface area contributed by atoms with Gasteiger partial charge in [0.15, 0.2) is 11.5 Å². The molecule has 2 rings (SSSR count). The Labute approximate surface area is 126 Å². The van der Waals surface area contributed by atoms with Crippen LogP contribution in [0.1, 0.15) is 5.56 Å². The number of anilines is 1. The fraction of sp³-hybridized carbons (Fsp3) is 0.200. The van der Waals surface area contributed by atoms with Gasteiger partial charge in [-0.05, 0) is 29.8 Å². The Hall–Kier alpha value is -2.01. The van der Waals surface area contributed by atoms with E-state index in [4.69, 9.17) is 21.1 Å². The summed E-state index contributed by atoms with van der Waals surface area (Å²) >= 11 is 6.22. The highest BCUT2D eigenvalue weighted by Crippen LogP contribution is 2.37. The number of methoxy groups -OCH3 is 2. The number of hydrogen-bond acceptors (Lipinski definition) is 3. The number of rotatable bonds is 5. The SMILES string of the molecule is COc1ccc(CNc2cc(F)ccc2F)c(Cl)c1OC. The molecule has 0 amide bonds. The maximum absolute atomic E-state index is 13.5. The minimum Gasteiger partial charge on any atom is -0.493 e. The molecular weight excluding hydrogens is 300 g/mol. The normalized spacial score (nSPS) is 10.3. The van der Waals surface area contributed by atoms with Crippen molar-refractivity contribution in [3.63, 3.8) is 0 Å². The smallest absolute Gasteiger partial charge is 0.179 e. The van der Waals surface area contributed by atoms with Crippen LogP contribution in [0.25, 0.3) is 0 Å². The summed E-state index contributed by atoms with van der Waals surface area (Å²) in [6.07, 6.45) is 0. The van der Waals surface area contributed by atoms with Gasteiger partial charge in [-0.25, -0.2) is 8.78 Å². The molecule has 6 heteroatoms. The average Bonchev–Trinajstić information content (AvgIpc) is 2.48. The third kappa shape index (κ3) is 3.36. The van der Waals surface area contributed by atoms with Gasteiger partial charge in [-0.3, -0.25) is 0 Å². The molecule has 0 saturated carbocycles.